The van der Waals surface area contributed by atoms with Crippen molar-refractivity contribution in [3.8, 4) is 0 Å². The lowest BCUT2D eigenvalue weighted by atomic mass is 9.98. The number of tetrazole rings is 1. The summed E-state index contributed by atoms with van der Waals surface area (Å²) in [7, 11) is 2.91. The fourth-order valence-corrected chi connectivity index (χ4v) is 6.88. The van der Waals surface area contributed by atoms with Gasteiger partial charge in [0.05, 0.1) is 0 Å². The van der Waals surface area contributed by atoms with Crippen LogP contribution in [0.1, 0.15) is 5.56 Å². The van der Waals surface area contributed by atoms with Crippen LogP contribution in [-0.2, 0) is 37.4 Å². The van der Waals surface area contributed by atoms with Crippen molar-refractivity contribution in [2.75, 3.05) is 18.6 Å². The number of carbonyl (C=O) groups is 3. The van der Waals surface area contributed by atoms with Gasteiger partial charge in [0.25, 0.3) is 17.5 Å². The number of thioether (sulfide) groups is 2. The number of fused-ring (bicyclic) bond motifs is 1. The Bertz CT molecular complexity index is 1210. The van der Waals surface area contributed by atoms with Crippen molar-refractivity contribution in [2.24, 2.45) is 7.05 Å². The zero-order valence-corrected chi connectivity index (χ0v) is 20.3. The maximum atomic E-state index is 13.2. The number of carboxylic acids is 1. The second-order valence-corrected chi connectivity index (χ2v) is 10.2. The third-order valence-corrected chi connectivity index (χ3v) is 8.70. The van der Waals surface area contributed by atoms with E-state index in [0.29, 0.717) is 16.3 Å². The zero-order valence-electron chi connectivity index (χ0n) is 17.1. The first-order chi connectivity index (χ1) is 15.8. The van der Waals surface area contributed by atoms with Crippen molar-refractivity contribution >= 4 is 68.8 Å². The third-order valence-electron chi connectivity index (χ3n) is 4.96. The summed E-state index contributed by atoms with van der Waals surface area (Å²) >= 11 is 3.84. The van der Waals surface area contributed by atoms with Crippen molar-refractivity contribution in [2.45, 2.75) is 16.3 Å². The molecule has 0 radical (unpaired) electrons. The first kappa shape index (κ1) is 23.6. The first-order valence-corrected chi connectivity index (χ1v) is 12.9. The van der Waals surface area contributed by atoms with Crippen LogP contribution in [-0.4, -0.2) is 86.8 Å². The van der Waals surface area contributed by atoms with E-state index in [2.05, 4.69) is 20.8 Å². The lowest BCUT2D eigenvalue weighted by molar-refractivity contribution is -0.191. The Morgan fingerprint density at radius 1 is 1.45 bits per heavy atom. The second-order valence-electron chi connectivity index (χ2n) is 6.79. The fraction of sp³-hybridized carbons (Fsp3) is 0.353. The highest BCUT2D eigenvalue weighted by Gasteiger charge is 2.66. The summed E-state index contributed by atoms with van der Waals surface area (Å²) < 4.78 is 18.4. The van der Waals surface area contributed by atoms with Crippen molar-refractivity contribution < 1.29 is 28.4 Å². The number of aryl methyl sites for hydroxylation is 1. The molecule has 33 heavy (non-hydrogen) atoms. The van der Waals surface area contributed by atoms with Crippen LogP contribution < -0.4 is 5.32 Å². The van der Waals surface area contributed by atoms with E-state index in [1.165, 1.54) is 46.7 Å². The van der Waals surface area contributed by atoms with Crippen LogP contribution in [0.5, 0.6) is 0 Å². The number of hydrogen-bond donors (Lipinski definition) is 2. The number of nitrogens with one attached hydrogen (secondary N) is 1. The predicted octanol–water partition coefficient (Wildman–Crippen LogP) is -0.490. The van der Waals surface area contributed by atoms with Crippen molar-refractivity contribution in [1.29, 1.82) is 0 Å². The molecule has 0 aliphatic carbocycles. The van der Waals surface area contributed by atoms with Gasteiger partial charge in [0.15, 0.2) is 0 Å². The quantitative estimate of drug-likeness (QED) is 0.150. The highest BCUT2D eigenvalue weighted by molar-refractivity contribution is 8.01. The predicted molar refractivity (Wildman–Crippen MR) is 122 cm³/mol. The first-order valence-electron chi connectivity index (χ1n) is 9.16. The fourth-order valence-electron chi connectivity index (χ4n) is 3.39. The standard InChI is InChI=1S/C17H16N6O6S4/c1-22-16(19-20-21-22)32-7-9-6-31-15-17(29-2,14(27)23(15)10(9)13(25)26)18-12(24)11(33-28)8-3-4-30-5-8/h3-5,15H,6-7H2,1-2H3,(H,18,24)(H,25,26)/t15-,17+/m1/s1. The van der Waals surface area contributed by atoms with Crippen LogP contribution in [0.3, 0.4) is 0 Å². The van der Waals surface area contributed by atoms with Crippen LogP contribution in [0, 0.1) is 0 Å². The average Bonchev–Trinajstić information content (AvgIpc) is 3.47. The van der Waals surface area contributed by atoms with Gasteiger partial charge in [-0.2, -0.15) is 11.3 Å². The Morgan fingerprint density at radius 3 is 2.82 bits per heavy atom. The molecule has 0 unspecified atom stereocenters. The van der Waals surface area contributed by atoms with Crippen LogP contribution >= 0.6 is 34.9 Å². The molecule has 12 nitrogen and oxygen atoms in total. The number of ether oxygens (including phenoxy) is 1. The molecule has 2 aliphatic heterocycles. The summed E-state index contributed by atoms with van der Waals surface area (Å²) in [6.45, 7) is 0. The molecule has 2 aromatic heterocycles. The molecule has 4 heterocycles. The van der Waals surface area contributed by atoms with Crippen LogP contribution in [0.25, 0.3) is 0 Å². The Kier molecular flexibility index (Phi) is 6.71. The van der Waals surface area contributed by atoms with Gasteiger partial charge in [-0.15, -0.1) is 16.9 Å². The van der Waals surface area contributed by atoms with E-state index in [1.54, 1.807) is 23.9 Å². The van der Waals surface area contributed by atoms with Gasteiger partial charge in [0.1, 0.15) is 27.2 Å². The van der Waals surface area contributed by atoms with Crippen LogP contribution in [0.15, 0.2) is 33.3 Å². The van der Waals surface area contributed by atoms with Crippen molar-refractivity contribution in [3.05, 3.63) is 33.7 Å². The largest absolute Gasteiger partial charge is 0.477 e. The van der Waals surface area contributed by atoms with Gasteiger partial charge in [0, 0.05) is 31.2 Å². The van der Waals surface area contributed by atoms with Gasteiger partial charge in [0.2, 0.25) is 5.16 Å². The van der Waals surface area contributed by atoms with E-state index in [9.17, 15) is 23.7 Å². The Balaban J connectivity index is 1.58. The number of β-lactam (4-membered cyclic amide) rings is 1. The number of aliphatic carboxylic acids is 1. The summed E-state index contributed by atoms with van der Waals surface area (Å²) in [5.41, 5.74) is -0.992. The highest BCUT2D eigenvalue weighted by atomic mass is 32.2. The molecule has 2 amide bonds. The molecule has 2 aromatic rings. The molecule has 0 bridgehead atoms. The maximum absolute atomic E-state index is 13.2. The topological polar surface area (TPSA) is 157 Å². The number of carbonyl (C=O) groups excluding carboxylic acids is 2. The number of amides is 2. The number of thiophene rings is 1. The molecule has 0 saturated carbocycles. The van der Waals surface area contributed by atoms with E-state index >= 15 is 0 Å². The SMILES string of the molecule is CO[C@@]1(NC(=O)C(=S=O)c2ccsc2)C(=O)N2C(C(=O)O)=C(CSc3nnnn3C)CS[C@@H]21. The molecule has 174 valence electrons. The minimum Gasteiger partial charge on any atom is -0.477 e. The van der Waals surface area contributed by atoms with E-state index in [1.807, 2.05) is 0 Å². The molecule has 16 heteroatoms. The van der Waals surface area contributed by atoms with Gasteiger partial charge >= 0.3 is 5.97 Å². The molecule has 1 saturated heterocycles. The van der Waals surface area contributed by atoms with Gasteiger partial charge in [-0.25, -0.2) is 13.7 Å². The summed E-state index contributed by atoms with van der Waals surface area (Å²) in [6, 6.07) is 1.62. The lowest BCUT2D eigenvalue weighted by Crippen LogP contribution is -2.81. The minimum atomic E-state index is -1.79. The lowest BCUT2D eigenvalue weighted by Gasteiger charge is -2.55. The molecule has 2 aliphatic rings. The monoisotopic (exact) mass is 528 g/mol. The van der Waals surface area contributed by atoms with Crippen molar-refractivity contribution in [3.63, 3.8) is 0 Å². The summed E-state index contributed by atoms with van der Waals surface area (Å²) in [6.07, 6.45) is 0. The number of methoxy groups -OCH3 is 1. The zero-order chi connectivity index (χ0) is 23.8. The van der Waals surface area contributed by atoms with Crippen LogP contribution in [0.2, 0.25) is 0 Å². The molecular weight excluding hydrogens is 512 g/mol. The number of aromatic nitrogens is 4. The number of hydrogen-bond acceptors (Lipinski definition) is 11. The number of rotatable bonds is 8. The van der Waals surface area contributed by atoms with Crippen molar-refractivity contribution in [1.82, 2.24) is 30.4 Å². The minimum absolute atomic E-state index is 0.0140. The van der Waals surface area contributed by atoms with Gasteiger partial charge in [-0.3, -0.25) is 14.5 Å². The number of nitrogens with zero attached hydrogens (tertiary/aromatic N) is 5. The van der Waals surface area contributed by atoms with Gasteiger partial charge in [-0.1, -0.05) is 11.8 Å². The average molecular weight is 529 g/mol. The molecule has 4 rings (SSSR count). The van der Waals surface area contributed by atoms with Gasteiger partial charge < -0.3 is 15.2 Å². The molecule has 2 N–H and O–H groups in total. The normalized spacial score (nSPS) is 21.9. The summed E-state index contributed by atoms with van der Waals surface area (Å²) in [4.78, 5) is 39.1. The van der Waals surface area contributed by atoms with Crippen LogP contribution in [0.4, 0.5) is 0 Å². The summed E-state index contributed by atoms with van der Waals surface area (Å²) in [5.74, 6) is -2.21. The molecule has 2 atom stereocenters. The number of carboxylic acid groups (broad SMARTS) is 1. The van der Waals surface area contributed by atoms with E-state index in [4.69, 9.17) is 4.74 Å². The molecule has 1 fully saturated rings. The highest BCUT2D eigenvalue weighted by Crippen LogP contribution is 2.47. The summed E-state index contributed by atoms with van der Waals surface area (Å²) in [5, 5.41) is 26.6. The smallest absolute Gasteiger partial charge is 0.352 e. The third kappa shape index (κ3) is 4.01. The molecular formula is C17H16N6O6S4. The Hall–Kier alpha value is -2.53. The molecule has 0 aromatic carbocycles. The van der Waals surface area contributed by atoms with E-state index in [-0.39, 0.29) is 33.3 Å². The Morgan fingerprint density at radius 2 is 2.24 bits per heavy atom. The van der Waals surface area contributed by atoms with E-state index < -0.39 is 28.9 Å². The van der Waals surface area contributed by atoms with E-state index in [0.717, 1.165) is 4.90 Å². The van der Waals surface area contributed by atoms with Gasteiger partial charge in [-0.05, 0) is 32.8 Å². The maximum Gasteiger partial charge on any atom is 0.352 e. The Labute approximate surface area is 202 Å². The second kappa shape index (κ2) is 9.38. The molecule has 0 spiro atoms.